The number of hydrogen-bond donors (Lipinski definition) is 0. The Morgan fingerprint density at radius 2 is 2.24 bits per heavy atom. The fraction of sp³-hybridized carbons (Fsp3) is 0.214. The SMILES string of the molecule is CCSc1nc2ncn(-c3c(C)cccc3Br)c(=O)c2s1. The predicted molar refractivity (Wildman–Crippen MR) is 91.8 cm³/mol. The minimum absolute atomic E-state index is 0.0737. The quantitative estimate of drug-likeness (QED) is 0.642. The molecule has 108 valence electrons. The number of thioether (sulfide) groups is 1. The molecule has 0 fully saturated rings. The van der Waals surface area contributed by atoms with Crippen LogP contribution in [0.2, 0.25) is 0 Å². The lowest BCUT2D eigenvalue weighted by Gasteiger charge is -2.10. The second-order valence-corrected chi connectivity index (χ2v) is 7.76. The molecule has 0 aliphatic rings. The number of aryl methyl sites for hydroxylation is 1. The summed E-state index contributed by atoms with van der Waals surface area (Å²) < 4.78 is 3.95. The van der Waals surface area contributed by atoms with Crippen molar-refractivity contribution in [2.75, 3.05) is 5.75 Å². The molecule has 21 heavy (non-hydrogen) atoms. The number of hydrogen-bond acceptors (Lipinski definition) is 5. The van der Waals surface area contributed by atoms with Gasteiger partial charge in [-0.3, -0.25) is 9.36 Å². The molecule has 2 heterocycles. The van der Waals surface area contributed by atoms with Gasteiger partial charge in [0.2, 0.25) is 0 Å². The van der Waals surface area contributed by atoms with Gasteiger partial charge >= 0.3 is 0 Å². The third-order valence-corrected chi connectivity index (χ3v) is 5.69. The molecule has 4 nitrogen and oxygen atoms in total. The second-order valence-electron chi connectivity index (χ2n) is 4.39. The molecular formula is C14H12BrN3OS2. The van der Waals surface area contributed by atoms with Gasteiger partial charge in [0.1, 0.15) is 11.0 Å². The van der Waals surface area contributed by atoms with Gasteiger partial charge < -0.3 is 0 Å². The molecule has 0 bridgehead atoms. The van der Waals surface area contributed by atoms with Gasteiger partial charge in [-0.1, -0.05) is 30.8 Å². The minimum Gasteiger partial charge on any atom is -0.267 e. The van der Waals surface area contributed by atoms with Crippen molar-refractivity contribution in [3.05, 3.63) is 44.9 Å². The highest BCUT2D eigenvalue weighted by Crippen LogP contribution is 2.28. The van der Waals surface area contributed by atoms with Gasteiger partial charge in [-0.15, -0.1) is 11.3 Å². The lowest BCUT2D eigenvalue weighted by Crippen LogP contribution is -2.19. The summed E-state index contributed by atoms with van der Waals surface area (Å²) in [4.78, 5) is 21.4. The molecule has 0 radical (unpaired) electrons. The molecule has 7 heteroatoms. The zero-order chi connectivity index (χ0) is 15.0. The van der Waals surface area contributed by atoms with Crippen LogP contribution in [0.15, 0.2) is 38.1 Å². The fourth-order valence-electron chi connectivity index (χ4n) is 2.07. The van der Waals surface area contributed by atoms with Crippen LogP contribution in [0.5, 0.6) is 0 Å². The Morgan fingerprint density at radius 1 is 1.43 bits per heavy atom. The first kappa shape index (κ1) is 14.7. The first-order valence-electron chi connectivity index (χ1n) is 6.38. The third-order valence-electron chi connectivity index (χ3n) is 3.00. The van der Waals surface area contributed by atoms with E-state index in [0.29, 0.717) is 10.3 Å². The molecule has 0 spiro atoms. The highest BCUT2D eigenvalue weighted by atomic mass is 79.9. The van der Waals surface area contributed by atoms with E-state index in [0.717, 1.165) is 25.8 Å². The van der Waals surface area contributed by atoms with Crippen LogP contribution in [-0.4, -0.2) is 20.3 Å². The van der Waals surface area contributed by atoms with Gasteiger partial charge in [0.25, 0.3) is 5.56 Å². The van der Waals surface area contributed by atoms with E-state index in [4.69, 9.17) is 0 Å². The van der Waals surface area contributed by atoms with Gasteiger partial charge in [-0.25, -0.2) is 9.97 Å². The van der Waals surface area contributed by atoms with E-state index in [1.807, 2.05) is 25.1 Å². The van der Waals surface area contributed by atoms with E-state index in [1.54, 1.807) is 22.7 Å². The average molecular weight is 382 g/mol. The lowest BCUT2D eigenvalue weighted by atomic mass is 10.2. The number of rotatable bonds is 3. The van der Waals surface area contributed by atoms with Gasteiger partial charge in [0.15, 0.2) is 9.99 Å². The van der Waals surface area contributed by atoms with E-state index in [9.17, 15) is 4.79 Å². The molecule has 0 atom stereocenters. The Bertz CT molecular complexity index is 852. The zero-order valence-corrected chi connectivity index (χ0v) is 14.7. The summed E-state index contributed by atoms with van der Waals surface area (Å²) in [6, 6.07) is 5.84. The summed E-state index contributed by atoms with van der Waals surface area (Å²) in [7, 11) is 0. The van der Waals surface area contributed by atoms with Crippen LogP contribution in [0.3, 0.4) is 0 Å². The van der Waals surface area contributed by atoms with E-state index in [-0.39, 0.29) is 5.56 Å². The fourth-order valence-corrected chi connectivity index (χ4v) is 4.64. The van der Waals surface area contributed by atoms with Crippen LogP contribution in [0.4, 0.5) is 0 Å². The number of halogens is 1. The smallest absolute Gasteiger partial charge is 0.267 e. The number of para-hydroxylation sites is 1. The maximum Gasteiger partial charge on any atom is 0.277 e. The summed E-state index contributed by atoms with van der Waals surface area (Å²) >= 11 is 6.55. The molecular weight excluding hydrogens is 370 g/mol. The van der Waals surface area contributed by atoms with Crippen LogP contribution in [0.1, 0.15) is 12.5 Å². The molecule has 0 amide bonds. The first-order chi connectivity index (χ1) is 10.1. The van der Waals surface area contributed by atoms with E-state index < -0.39 is 0 Å². The van der Waals surface area contributed by atoms with Crippen molar-refractivity contribution in [3.8, 4) is 5.69 Å². The highest BCUT2D eigenvalue weighted by molar-refractivity contribution is 9.10. The minimum atomic E-state index is -0.0737. The zero-order valence-electron chi connectivity index (χ0n) is 11.5. The molecule has 0 unspecified atom stereocenters. The van der Waals surface area contributed by atoms with E-state index in [1.165, 1.54) is 11.3 Å². The van der Waals surface area contributed by atoms with E-state index in [2.05, 4.69) is 32.8 Å². The highest BCUT2D eigenvalue weighted by Gasteiger charge is 2.14. The van der Waals surface area contributed by atoms with Gasteiger partial charge in [0.05, 0.1) is 5.69 Å². The van der Waals surface area contributed by atoms with Crippen LogP contribution in [0.25, 0.3) is 16.0 Å². The van der Waals surface area contributed by atoms with E-state index >= 15 is 0 Å². The maximum absolute atomic E-state index is 12.7. The lowest BCUT2D eigenvalue weighted by molar-refractivity contribution is 0.945. The van der Waals surface area contributed by atoms with Crippen molar-refractivity contribution >= 4 is 49.4 Å². The van der Waals surface area contributed by atoms with Crippen LogP contribution in [0, 0.1) is 6.92 Å². The van der Waals surface area contributed by atoms with Crippen molar-refractivity contribution in [1.29, 1.82) is 0 Å². The Hall–Kier alpha value is -1.18. The Kier molecular flexibility index (Phi) is 4.14. The Balaban J connectivity index is 2.25. The number of aromatic nitrogens is 3. The van der Waals surface area contributed by atoms with Crippen molar-refractivity contribution in [1.82, 2.24) is 14.5 Å². The van der Waals surface area contributed by atoms with Gasteiger partial charge in [0, 0.05) is 4.47 Å². The number of thiazole rings is 1. The first-order valence-corrected chi connectivity index (χ1v) is 8.97. The molecule has 3 aromatic rings. The topological polar surface area (TPSA) is 47.8 Å². The van der Waals surface area contributed by atoms with Crippen molar-refractivity contribution < 1.29 is 0 Å². The average Bonchev–Trinajstić information content (AvgIpc) is 2.85. The standard InChI is InChI=1S/C14H12BrN3OS2/c1-3-20-14-17-12-11(21-14)13(19)18(7-16-12)10-8(2)5-4-6-9(10)15/h4-7H,3H2,1-2H3. The van der Waals surface area contributed by atoms with Crippen LogP contribution < -0.4 is 5.56 Å². The maximum atomic E-state index is 12.7. The molecule has 0 N–H and O–H groups in total. The molecule has 0 aliphatic carbocycles. The molecule has 3 rings (SSSR count). The van der Waals surface area contributed by atoms with Gasteiger partial charge in [-0.2, -0.15) is 0 Å². The Morgan fingerprint density at radius 3 is 2.95 bits per heavy atom. The second kappa shape index (κ2) is 5.90. The van der Waals surface area contributed by atoms with Crippen molar-refractivity contribution in [2.45, 2.75) is 18.2 Å². The molecule has 0 aliphatic heterocycles. The summed E-state index contributed by atoms with van der Waals surface area (Å²) in [5.41, 5.74) is 2.30. The third kappa shape index (κ3) is 2.65. The number of benzene rings is 1. The summed E-state index contributed by atoms with van der Waals surface area (Å²) in [6.45, 7) is 4.04. The largest absolute Gasteiger partial charge is 0.277 e. The normalized spacial score (nSPS) is 11.2. The predicted octanol–water partition coefficient (Wildman–Crippen LogP) is 4.03. The molecule has 0 saturated carbocycles. The molecule has 2 aromatic heterocycles. The monoisotopic (exact) mass is 381 g/mol. The van der Waals surface area contributed by atoms with Crippen molar-refractivity contribution in [2.24, 2.45) is 0 Å². The molecule has 1 aromatic carbocycles. The molecule has 0 saturated heterocycles. The summed E-state index contributed by atoms with van der Waals surface area (Å²) in [6.07, 6.45) is 1.55. The Labute approximate surface area is 138 Å². The summed E-state index contributed by atoms with van der Waals surface area (Å²) in [5.74, 6) is 0.928. The summed E-state index contributed by atoms with van der Waals surface area (Å²) in [5, 5.41) is 0. The van der Waals surface area contributed by atoms with Crippen molar-refractivity contribution in [3.63, 3.8) is 0 Å². The van der Waals surface area contributed by atoms with Crippen LogP contribution in [-0.2, 0) is 0 Å². The van der Waals surface area contributed by atoms with Gasteiger partial charge in [-0.05, 0) is 40.2 Å². The number of fused-ring (bicyclic) bond motifs is 1. The van der Waals surface area contributed by atoms with Crippen LogP contribution >= 0.6 is 39.0 Å². The number of nitrogens with zero attached hydrogens (tertiary/aromatic N) is 3.